The molecule has 1 aliphatic heterocycles. The van der Waals surface area contributed by atoms with Crippen LogP contribution in [0.15, 0.2) is 0 Å². The van der Waals surface area contributed by atoms with Crippen molar-refractivity contribution >= 4 is 12.0 Å². The van der Waals surface area contributed by atoms with Crippen molar-refractivity contribution in [3.05, 3.63) is 0 Å². The Labute approximate surface area is 101 Å². The smallest absolute Gasteiger partial charge is 0.346 e. The third kappa shape index (κ3) is 2.69. The van der Waals surface area contributed by atoms with Crippen LogP contribution in [-0.2, 0) is 9.53 Å². The number of ether oxygens (including phenoxy) is 1. The molecule has 0 saturated carbocycles. The standard InChI is InChI=1S/C11H20N2O4/c1-7(2)8(14)17-9-11(3,4)6-12(5)10(15)13(9)16/h7,9,16H,6H2,1-5H3. The molecule has 6 nitrogen and oxygen atoms in total. The van der Waals surface area contributed by atoms with Gasteiger partial charge in [-0.15, -0.1) is 0 Å². The maximum atomic E-state index is 11.6. The first-order chi connectivity index (χ1) is 7.66. The van der Waals surface area contributed by atoms with E-state index in [4.69, 9.17) is 4.74 Å². The lowest BCUT2D eigenvalue weighted by Gasteiger charge is -2.45. The van der Waals surface area contributed by atoms with Crippen molar-refractivity contribution < 1.29 is 19.5 Å². The van der Waals surface area contributed by atoms with E-state index in [1.165, 1.54) is 4.90 Å². The summed E-state index contributed by atoms with van der Waals surface area (Å²) in [5, 5.41) is 10.2. The number of amides is 2. The lowest BCUT2D eigenvalue weighted by atomic mass is 9.88. The highest BCUT2D eigenvalue weighted by Gasteiger charge is 2.46. The molecule has 0 aromatic carbocycles. The highest BCUT2D eigenvalue weighted by atomic mass is 16.6. The van der Waals surface area contributed by atoms with Crippen LogP contribution in [0.3, 0.4) is 0 Å². The van der Waals surface area contributed by atoms with Crippen LogP contribution in [0.1, 0.15) is 27.7 Å². The van der Waals surface area contributed by atoms with Gasteiger partial charge in [-0.3, -0.25) is 10.0 Å². The van der Waals surface area contributed by atoms with Gasteiger partial charge in [0.05, 0.1) is 5.92 Å². The second-order valence-corrected chi connectivity index (χ2v) is 5.42. The van der Waals surface area contributed by atoms with E-state index >= 15 is 0 Å². The minimum absolute atomic E-state index is 0.297. The summed E-state index contributed by atoms with van der Waals surface area (Å²) < 4.78 is 5.19. The van der Waals surface area contributed by atoms with Gasteiger partial charge in [-0.2, -0.15) is 5.06 Å². The highest BCUT2D eigenvalue weighted by molar-refractivity contribution is 5.76. The molecular weight excluding hydrogens is 224 g/mol. The van der Waals surface area contributed by atoms with E-state index in [1.54, 1.807) is 20.9 Å². The number of rotatable bonds is 2. The molecule has 1 fully saturated rings. The molecule has 2 amide bonds. The molecule has 0 aromatic rings. The zero-order valence-electron chi connectivity index (χ0n) is 10.9. The first-order valence-corrected chi connectivity index (χ1v) is 5.60. The predicted molar refractivity (Wildman–Crippen MR) is 60.2 cm³/mol. The summed E-state index contributed by atoms with van der Waals surface area (Å²) >= 11 is 0. The Morgan fingerprint density at radius 3 is 2.53 bits per heavy atom. The molecule has 1 saturated heterocycles. The maximum Gasteiger partial charge on any atom is 0.346 e. The number of urea groups is 1. The van der Waals surface area contributed by atoms with E-state index in [9.17, 15) is 14.8 Å². The molecule has 1 aliphatic rings. The van der Waals surface area contributed by atoms with Crippen LogP contribution < -0.4 is 0 Å². The van der Waals surface area contributed by atoms with Crippen LogP contribution in [0.25, 0.3) is 0 Å². The average Bonchev–Trinajstić information content (AvgIpc) is 2.20. The van der Waals surface area contributed by atoms with Crippen molar-refractivity contribution in [3.63, 3.8) is 0 Å². The predicted octanol–water partition coefficient (Wildman–Crippen LogP) is 1.29. The number of nitrogens with zero attached hydrogens (tertiary/aromatic N) is 2. The molecule has 0 bridgehead atoms. The fraction of sp³-hybridized carbons (Fsp3) is 0.818. The summed E-state index contributed by atoms with van der Waals surface area (Å²) in [5.41, 5.74) is -0.526. The summed E-state index contributed by atoms with van der Waals surface area (Å²) in [6.07, 6.45) is -0.943. The zero-order valence-corrected chi connectivity index (χ0v) is 10.9. The lowest BCUT2D eigenvalue weighted by molar-refractivity contribution is -0.238. The van der Waals surface area contributed by atoms with E-state index in [0.29, 0.717) is 11.6 Å². The molecule has 0 aliphatic carbocycles. The van der Waals surface area contributed by atoms with Crippen molar-refractivity contribution in [1.29, 1.82) is 0 Å². The molecule has 1 N–H and O–H groups in total. The summed E-state index contributed by atoms with van der Waals surface area (Å²) in [6, 6.07) is -0.564. The van der Waals surface area contributed by atoms with Crippen molar-refractivity contribution in [2.24, 2.45) is 11.3 Å². The number of hydrogen-bond acceptors (Lipinski definition) is 4. The molecule has 1 heterocycles. The van der Waals surface area contributed by atoms with Crippen molar-refractivity contribution in [2.75, 3.05) is 13.6 Å². The molecular formula is C11H20N2O4. The molecule has 6 heteroatoms. The molecule has 0 radical (unpaired) electrons. The summed E-state index contributed by atoms with van der Waals surface area (Å²) in [6.45, 7) is 7.48. The number of carbonyl (C=O) groups excluding carboxylic acids is 2. The van der Waals surface area contributed by atoms with E-state index in [-0.39, 0.29) is 5.92 Å². The van der Waals surface area contributed by atoms with Crippen LogP contribution in [0, 0.1) is 11.3 Å². The largest absolute Gasteiger partial charge is 0.438 e. The van der Waals surface area contributed by atoms with Gasteiger partial charge in [0.25, 0.3) is 0 Å². The Bertz CT molecular complexity index is 327. The Kier molecular flexibility index (Phi) is 3.66. The molecule has 0 spiro atoms. The average molecular weight is 244 g/mol. The van der Waals surface area contributed by atoms with Gasteiger partial charge in [0.15, 0.2) is 0 Å². The van der Waals surface area contributed by atoms with Gasteiger partial charge in [-0.1, -0.05) is 27.7 Å². The van der Waals surface area contributed by atoms with Crippen LogP contribution in [0.5, 0.6) is 0 Å². The van der Waals surface area contributed by atoms with Crippen LogP contribution in [0.4, 0.5) is 4.79 Å². The fourth-order valence-electron chi connectivity index (χ4n) is 1.82. The second kappa shape index (κ2) is 4.52. The van der Waals surface area contributed by atoms with Gasteiger partial charge in [0.2, 0.25) is 6.23 Å². The Hall–Kier alpha value is -1.30. The van der Waals surface area contributed by atoms with E-state index in [0.717, 1.165) is 0 Å². The highest BCUT2D eigenvalue weighted by Crippen LogP contribution is 2.31. The van der Waals surface area contributed by atoms with Crippen molar-refractivity contribution in [3.8, 4) is 0 Å². The minimum Gasteiger partial charge on any atom is -0.438 e. The summed E-state index contributed by atoms with van der Waals surface area (Å²) in [4.78, 5) is 24.5. The minimum atomic E-state index is -0.943. The Morgan fingerprint density at radius 2 is 2.06 bits per heavy atom. The van der Waals surface area contributed by atoms with Gasteiger partial charge in [-0.05, 0) is 0 Å². The van der Waals surface area contributed by atoms with Gasteiger partial charge >= 0.3 is 12.0 Å². The maximum absolute atomic E-state index is 11.6. The van der Waals surface area contributed by atoms with E-state index < -0.39 is 23.6 Å². The van der Waals surface area contributed by atoms with Crippen molar-refractivity contribution in [2.45, 2.75) is 33.9 Å². The SMILES string of the molecule is CC(C)C(=O)OC1N(O)C(=O)N(C)CC1(C)C. The van der Waals surface area contributed by atoms with Gasteiger partial charge in [0.1, 0.15) is 0 Å². The summed E-state index contributed by atoms with van der Waals surface area (Å²) in [7, 11) is 1.59. The molecule has 0 aromatic heterocycles. The van der Waals surface area contributed by atoms with Gasteiger partial charge in [-0.25, -0.2) is 4.79 Å². The van der Waals surface area contributed by atoms with Crippen LogP contribution in [0.2, 0.25) is 0 Å². The van der Waals surface area contributed by atoms with Crippen molar-refractivity contribution in [1.82, 2.24) is 9.96 Å². The Balaban J connectivity index is 2.87. The van der Waals surface area contributed by atoms with Crippen LogP contribution in [-0.4, -0.2) is 47.0 Å². The number of hydroxylamine groups is 2. The molecule has 1 unspecified atom stereocenters. The normalized spacial score (nSPS) is 24.2. The molecule has 98 valence electrons. The van der Waals surface area contributed by atoms with E-state index in [1.807, 2.05) is 13.8 Å². The molecule has 1 rings (SSSR count). The monoisotopic (exact) mass is 244 g/mol. The topological polar surface area (TPSA) is 70.1 Å². The zero-order chi connectivity index (χ0) is 13.4. The Morgan fingerprint density at radius 1 is 1.53 bits per heavy atom. The summed E-state index contributed by atoms with van der Waals surface area (Å²) in [5.74, 6) is -0.728. The molecule has 1 atom stereocenters. The lowest BCUT2D eigenvalue weighted by Crippen LogP contribution is -2.61. The number of carbonyl (C=O) groups is 2. The van der Waals surface area contributed by atoms with Crippen LogP contribution >= 0.6 is 0 Å². The fourth-order valence-corrected chi connectivity index (χ4v) is 1.82. The first-order valence-electron chi connectivity index (χ1n) is 5.60. The number of hydrogen-bond donors (Lipinski definition) is 1. The second-order valence-electron chi connectivity index (χ2n) is 5.42. The van der Waals surface area contributed by atoms with Gasteiger partial charge < -0.3 is 9.64 Å². The quantitative estimate of drug-likeness (QED) is 0.587. The van der Waals surface area contributed by atoms with Gasteiger partial charge in [0, 0.05) is 19.0 Å². The third-order valence-electron chi connectivity index (χ3n) is 2.76. The molecule has 17 heavy (non-hydrogen) atoms. The first kappa shape index (κ1) is 13.8. The third-order valence-corrected chi connectivity index (χ3v) is 2.76. The van der Waals surface area contributed by atoms with E-state index in [2.05, 4.69) is 0 Å². The number of esters is 1.